The molecule has 2 fully saturated rings. The van der Waals surface area contributed by atoms with E-state index in [1.165, 1.54) is 25.0 Å². The third kappa shape index (κ3) is 11.7. The number of unbranched alkanes of at least 4 members (excludes halogenated alkanes) is 2. The molecule has 2 saturated carbocycles. The van der Waals surface area contributed by atoms with Gasteiger partial charge in [-0.2, -0.15) is 0 Å². The lowest BCUT2D eigenvalue weighted by Crippen LogP contribution is -2.70. The molecule has 6 atom stereocenters. The average Bonchev–Trinajstić information content (AvgIpc) is 3.93. The molecular weight excluding hydrogens is 892 g/mol. The summed E-state index contributed by atoms with van der Waals surface area (Å²) >= 11 is 0. The van der Waals surface area contributed by atoms with Gasteiger partial charge < -0.3 is 34.2 Å². The smallest absolute Gasteiger partial charge is 0.239 e. The molecule has 0 saturated heterocycles. The molecule has 5 aromatic carbocycles. The Morgan fingerprint density at radius 3 is 2.21 bits per heavy atom. The van der Waals surface area contributed by atoms with Crippen LogP contribution in [0.5, 0.6) is 17.2 Å². The Hall–Kier alpha value is -6.07. The topological polar surface area (TPSA) is 110 Å². The summed E-state index contributed by atoms with van der Waals surface area (Å²) in [5.74, 6) is 0.0927. The molecule has 5 aromatic rings. The highest BCUT2D eigenvalue weighted by atomic mass is 19.1. The lowest BCUT2D eigenvalue weighted by molar-refractivity contribution is -0.258. The van der Waals surface area contributed by atoms with E-state index in [4.69, 9.17) is 24.2 Å². The molecule has 4 aliphatic rings. The normalized spacial score (nSPS) is 23.0. The van der Waals surface area contributed by atoms with Crippen LogP contribution in [0.4, 0.5) is 4.39 Å². The first kappa shape index (κ1) is 49.9. The van der Waals surface area contributed by atoms with Crippen LogP contribution in [0, 0.1) is 29.5 Å². The van der Waals surface area contributed by atoms with E-state index in [1.54, 1.807) is 18.2 Å². The first-order valence-corrected chi connectivity index (χ1v) is 26.0. The van der Waals surface area contributed by atoms with Crippen LogP contribution in [0.3, 0.4) is 0 Å². The Bertz CT molecular complexity index is 2580. The number of fused-ring (bicyclic) bond motifs is 2. The second-order valence-corrected chi connectivity index (χ2v) is 19.9. The summed E-state index contributed by atoms with van der Waals surface area (Å²) in [4.78, 5) is 23.6. The fourth-order valence-corrected chi connectivity index (χ4v) is 11.9. The first-order chi connectivity index (χ1) is 34.9. The largest absolute Gasteiger partial charge is 0.459 e. The third-order valence-corrected chi connectivity index (χ3v) is 15.3. The Morgan fingerprint density at radius 2 is 1.49 bits per heavy atom. The summed E-state index contributed by atoms with van der Waals surface area (Å²) in [5.41, 5.74) is 6.65. The van der Waals surface area contributed by atoms with Gasteiger partial charge in [-0.05, 0) is 120 Å². The maximum atomic E-state index is 15.3. The predicted molar refractivity (Wildman–Crippen MR) is 276 cm³/mol. The van der Waals surface area contributed by atoms with Gasteiger partial charge in [-0.25, -0.2) is 4.39 Å². The molecule has 1 aliphatic heterocycles. The van der Waals surface area contributed by atoms with Gasteiger partial charge >= 0.3 is 0 Å². The van der Waals surface area contributed by atoms with E-state index < -0.39 is 17.7 Å². The van der Waals surface area contributed by atoms with Gasteiger partial charge in [-0.3, -0.25) is 4.79 Å². The molecule has 71 heavy (non-hydrogen) atoms. The lowest BCUT2D eigenvalue weighted by atomic mass is 9.55. The van der Waals surface area contributed by atoms with E-state index in [9.17, 15) is 14.6 Å². The van der Waals surface area contributed by atoms with Crippen LogP contribution in [-0.2, 0) is 27.5 Å². The van der Waals surface area contributed by atoms with Gasteiger partial charge in [0.05, 0.1) is 18.2 Å². The van der Waals surface area contributed by atoms with Crippen LogP contribution >= 0.6 is 0 Å². The third-order valence-electron chi connectivity index (χ3n) is 15.3. The summed E-state index contributed by atoms with van der Waals surface area (Å²) in [7, 11) is 0. The number of oxime groups is 1. The number of allylic oxidation sites excluding steroid dienone is 1. The van der Waals surface area contributed by atoms with E-state index in [-0.39, 0.29) is 68.9 Å². The fraction of sp³-hybridized carbons (Fsp3) is 0.410. The molecule has 372 valence electrons. The number of ether oxygens (including phenoxy) is 3. The van der Waals surface area contributed by atoms with E-state index in [0.29, 0.717) is 42.4 Å². The standard InChI is InChI=1S/C61H69FN2O7/c1-2-37-68-61-57(64(41-44-23-28-49(62)29-24-44)58(67)34-25-43-15-9-10-16-43)40-55(63-69-42-45-17-5-3-6-18-45)53-38-48(21-11-13-35-65)52(22-12-14-36-66)59(60(53)61)54-39-51(32-33-56(54)71-61)70-50-30-26-47(27-31-50)46-19-7-4-8-20-46/h2-8,17-20,23-24,26-33,38-39,43,48,52,57,59-60,65-66H,1,9-16,21-22,25,34-37,40-42H2/t48-,52+,57-,59+,60+,61+/m0/s1. The summed E-state index contributed by atoms with van der Waals surface area (Å²) < 4.78 is 36.0. The first-order valence-electron chi connectivity index (χ1n) is 26.0. The van der Waals surface area contributed by atoms with E-state index >= 15 is 4.79 Å². The number of amides is 1. The predicted octanol–water partition coefficient (Wildman–Crippen LogP) is 13.1. The van der Waals surface area contributed by atoms with Gasteiger partial charge in [0.1, 0.15) is 35.7 Å². The number of benzene rings is 5. The number of aliphatic hydroxyl groups is 2. The molecule has 0 bridgehead atoms. The van der Waals surface area contributed by atoms with E-state index in [2.05, 4.69) is 43.0 Å². The van der Waals surface area contributed by atoms with Gasteiger partial charge in [0.25, 0.3) is 0 Å². The molecule has 2 N–H and O–H groups in total. The van der Waals surface area contributed by atoms with Crippen molar-refractivity contribution in [3.63, 3.8) is 0 Å². The zero-order chi connectivity index (χ0) is 49.0. The lowest BCUT2D eigenvalue weighted by Gasteiger charge is -2.60. The highest BCUT2D eigenvalue weighted by Crippen LogP contribution is 2.62. The summed E-state index contributed by atoms with van der Waals surface area (Å²) in [5, 5.41) is 25.2. The van der Waals surface area contributed by atoms with Crippen molar-refractivity contribution in [2.75, 3.05) is 19.8 Å². The van der Waals surface area contributed by atoms with Gasteiger partial charge in [0, 0.05) is 44.1 Å². The van der Waals surface area contributed by atoms with Crippen molar-refractivity contribution in [2.24, 2.45) is 28.8 Å². The fourth-order valence-electron chi connectivity index (χ4n) is 11.9. The van der Waals surface area contributed by atoms with Crippen molar-refractivity contribution in [2.45, 2.75) is 114 Å². The zero-order valence-electron chi connectivity index (χ0n) is 40.9. The van der Waals surface area contributed by atoms with E-state index in [0.717, 1.165) is 84.0 Å². The van der Waals surface area contributed by atoms with Crippen LogP contribution < -0.4 is 9.47 Å². The van der Waals surface area contributed by atoms with Gasteiger partial charge in [0.2, 0.25) is 11.7 Å². The Morgan fingerprint density at radius 1 is 0.803 bits per heavy atom. The molecule has 9 rings (SSSR count). The molecule has 0 spiro atoms. The number of halogens is 1. The van der Waals surface area contributed by atoms with Crippen molar-refractivity contribution >= 4 is 11.6 Å². The highest BCUT2D eigenvalue weighted by Gasteiger charge is 2.65. The number of aliphatic hydroxyl groups excluding tert-OH is 2. The molecule has 3 aliphatic carbocycles. The molecule has 0 aromatic heterocycles. The number of carbonyl (C=O) groups is 1. The maximum Gasteiger partial charge on any atom is 0.239 e. The van der Waals surface area contributed by atoms with Crippen molar-refractivity contribution in [1.29, 1.82) is 0 Å². The summed E-state index contributed by atoms with van der Waals surface area (Å²) in [6.07, 6.45) is 14.7. The van der Waals surface area contributed by atoms with Crippen LogP contribution in [0.25, 0.3) is 11.1 Å². The minimum atomic E-state index is -1.43. The number of carbonyl (C=O) groups excluding carboxylic acids is 1. The molecule has 0 unspecified atom stereocenters. The molecule has 0 radical (unpaired) electrons. The monoisotopic (exact) mass is 961 g/mol. The van der Waals surface area contributed by atoms with Gasteiger partial charge in [-0.15, -0.1) is 6.58 Å². The van der Waals surface area contributed by atoms with Crippen molar-refractivity contribution in [1.82, 2.24) is 4.90 Å². The molecule has 9 nitrogen and oxygen atoms in total. The molecular formula is C61H69FN2O7. The number of nitrogens with zero attached hydrogens (tertiary/aromatic N) is 2. The average molecular weight is 961 g/mol. The van der Waals surface area contributed by atoms with Crippen LogP contribution in [-0.4, -0.2) is 58.4 Å². The van der Waals surface area contributed by atoms with Crippen molar-refractivity contribution in [3.05, 3.63) is 174 Å². The SMILES string of the molecule is C=CCO[C@@]12Oc3ccc(Oc4ccc(-c5ccccc5)cc4)cc3[C@H]3[C@H](CCCCO)[C@@H](CCCCO)C=C(C(=NOCc4ccccc4)C[C@@H]1N(Cc1ccc(F)cc1)C(=O)CCC1CCCC1)[C@H]32. The molecule has 10 heteroatoms. The van der Waals surface area contributed by atoms with Crippen LogP contribution in [0.15, 0.2) is 157 Å². The second kappa shape index (κ2) is 23.9. The highest BCUT2D eigenvalue weighted by molar-refractivity contribution is 6.03. The zero-order valence-corrected chi connectivity index (χ0v) is 40.9. The van der Waals surface area contributed by atoms with E-state index in [1.807, 2.05) is 77.7 Å². The summed E-state index contributed by atoms with van der Waals surface area (Å²) in [6.45, 7) is 4.91. The quantitative estimate of drug-likeness (QED) is 0.0381. The minimum absolute atomic E-state index is 0.0186. The Balaban J connectivity index is 1.20. The molecule has 1 amide bonds. The number of hydrogen-bond acceptors (Lipinski definition) is 8. The molecule has 1 heterocycles. The maximum absolute atomic E-state index is 15.3. The van der Waals surface area contributed by atoms with Crippen molar-refractivity contribution in [3.8, 4) is 28.4 Å². The Labute approximate surface area is 419 Å². The Kier molecular flexibility index (Phi) is 16.8. The summed E-state index contributed by atoms with van der Waals surface area (Å²) in [6, 6.07) is 40.1. The van der Waals surface area contributed by atoms with Gasteiger partial charge in [0.15, 0.2) is 0 Å². The minimum Gasteiger partial charge on any atom is -0.459 e. The van der Waals surface area contributed by atoms with Crippen LogP contribution in [0.2, 0.25) is 0 Å². The number of rotatable bonds is 23. The van der Waals surface area contributed by atoms with Gasteiger partial charge in [-0.1, -0.05) is 141 Å². The van der Waals surface area contributed by atoms with Crippen LogP contribution in [0.1, 0.15) is 106 Å². The second-order valence-electron chi connectivity index (χ2n) is 19.9. The number of hydrogen-bond donors (Lipinski definition) is 2. The van der Waals surface area contributed by atoms with Crippen molar-refractivity contribution < 1.29 is 38.4 Å².